The Morgan fingerprint density at radius 2 is 1.77 bits per heavy atom. The summed E-state index contributed by atoms with van der Waals surface area (Å²) in [6, 6.07) is 4.80. The van der Waals surface area contributed by atoms with E-state index < -0.39 is 41.4 Å². The molecule has 2 saturated carbocycles. The van der Waals surface area contributed by atoms with E-state index in [0.29, 0.717) is 56.3 Å². The molecule has 5 rings (SSSR count). The van der Waals surface area contributed by atoms with Gasteiger partial charge in [0.25, 0.3) is 11.8 Å². The summed E-state index contributed by atoms with van der Waals surface area (Å²) in [6.07, 6.45) is 5.65. The third-order valence-corrected chi connectivity index (χ3v) is 7.80. The van der Waals surface area contributed by atoms with Gasteiger partial charge in [-0.1, -0.05) is 25.8 Å². The van der Waals surface area contributed by atoms with Crippen molar-refractivity contribution in [3.8, 4) is 11.5 Å². The second kappa shape index (κ2) is 9.05. The van der Waals surface area contributed by atoms with Crippen molar-refractivity contribution in [1.29, 1.82) is 0 Å². The number of hydrogen-bond acceptors (Lipinski definition) is 7. The molecule has 1 aromatic carbocycles. The van der Waals surface area contributed by atoms with Gasteiger partial charge in [0.15, 0.2) is 18.1 Å². The summed E-state index contributed by atoms with van der Waals surface area (Å²) in [5.74, 6) is 0.0214. The first-order valence-corrected chi connectivity index (χ1v) is 12.4. The van der Waals surface area contributed by atoms with Gasteiger partial charge < -0.3 is 19.5 Å². The van der Waals surface area contributed by atoms with Gasteiger partial charge in [-0.3, -0.25) is 19.8 Å². The maximum atomic E-state index is 13.2. The molecule has 2 aliphatic carbocycles. The average molecular weight is 486 g/mol. The van der Waals surface area contributed by atoms with E-state index in [1.165, 1.54) is 0 Å². The minimum atomic E-state index is -0.959. The third kappa shape index (κ3) is 4.19. The van der Waals surface area contributed by atoms with Gasteiger partial charge in [0.2, 0.25) is 0 Å². The van der Waals surface area contributed by atoms with Crippen LogP contribution in [-0.4, -0.2) is 54.2 Å². The number of carbonyl (C=O) groups is 4. The Morgan fingerprint density at radius 3 is 2.49 bits per heavy atom. The molecule has 2 heterocycles. The molecule has 0 bridgehead atoms. The van der Waals surface area contributed by atoms with Gasteiger partial charge in [0.1, 0.15) is 18.8 Å². The number of urea groups is 1. The first-order valence-electron chi connectivity index (χ1n) is 12.4. The molecular formula is C25H31N3O7. The molecule has 188 valence electrons. The predicted molar refractivity (Wildman–Crippen MR) is 122 cm³/mol. The number of esters is 1. The lowest BCUT2D eigenvalue weighted by Crippen LogP contribution is -2.52. The van der Waals surface area contributed by atoms with E-state index in [4.69, 9.17) is 14.2 Å². The molecule has 10 nitrogen and oxygen atoms in total. The molecule has 0 unspecified atom stereocenters. The quantitative estimate of drug-likeness (QED) is 0.485. The van der Waals surface area contributed by atoms with E-state index >= 15 is 0 Å². The second-order valence-corrected chi connectivity index (χ2v) is 10.1. The zero-order chi connectivity index (χ0) is 24.6. The second-order valence-electron chi connectivity index (χ2n) is 10.1. The highest BCUT2D eigenvalue weighted by Gasteiger charge is 2.53. The van der Waals surface area contributed by atoms with Crippen molar-refractivity contribution in [2.75, 3.05) is 19.8 Å². The predicted octanol–water partition coefficient (Wildman–Crippen LogP) is 2.34. The lowest BCUT2D eigenvalue weighted by molar-refractivity contribution is -0.155. The standard InChI is InChI=1S/C25H31N3O7/c1-16-6-10-25(11-7-16)21(30)28(23(32)26-25)27-20(29)15-35-22(31)24(8-2-3-9-24)17-4-5-18-19(14-17)34-13-12-33-18/h4-5,14,16H,2-3,6-13,15H2,1H3,(H,26,32)(H,27,29). The average Bonchev–Trinajstić information content (AvgIpc) is 3.45. The summed E-state index contributed by atoms with van der Waals surface area (Å²) in [5, 5.41) is 3.47. The number of ether oxygens (including phenoxy) is 3. The molecule has 0 radical (unpaired) electrons. The molecule has 0 aromatic heterocycles. The number of imide groups is 1. The van der Waals surface area contributed by atoms with Crippen molar-refractivity contribution < 1.29 is 33.4 Å². The number of nitrogens with one attached hydrogen (secondary N) is 2. The van der Waals surface area contributed by atoms with Crippen molar-refractivity contribution in [2.45, 2.75) is 69.2 Å². The first-order chi connectivity index (χ1) is 16.8. The fraction of sp³-hybridized carbons (Fsp3) is 0.600. The van der Waals surface area contributed by atoms with Crippen LogP contribution in [0.15, 0.2) is 18.2 Å². The molecule has 1 spiro atoms. The third-order valence-electron chi connectivity index (χ3n) is 7.80. The van der Waals surface area contributed by atoms with E-state index in [0.717, 1.165) is 36.3 Å². The molecule has 3 fully saturated rings. The lowest BCUT2D eigenvalue weighted by Gasteiger charge is -2.33. The van der Waals surface area contributed by atoms with Crippen LogP contribution in [0, 0.1) is 5.92 Å². The Morgan fingerprint density at radius 1 is 1.09 bits per heavy atom. The molecule has 1 aromatic rings. The highest BCUT2D eigenvalue weighted by atomic mass is 16.6. The van der Waals surface area contributed by atoms with Crippen molar-refractivity contribution >= 4 is 23.8 Å². The van der Waals surface area contributed by atoms with Crippen molar-refractivity contribution in [1.82, 2.24) is 15.8 Å². The minimum Gasteiger partial charge on any atom is -0.486 e. The molecule has 0 atom stereocenters. The summed E-state index contributed by atoms with van der Waals surface area (Å²) >= 11 is 0. The van der Waals surface area contributed by atoms with Crippen LogP contribution >= 0.6 is 0 Å². The molecular weight excluding hydrogens is 454 g/mol. The summed E-state index contributed by atoms with van der Waals surface area (Å²) in [4.78, 5) is 51.2. The number of rotatable bonds is 5. The normalized spacial score (nSPS) is 27.0. The maximum Gasteiger partial charge on any atom is 0.344 e. The van der Waals surface area contributed by atoms with Gasteiger partial charge in [-0.15, -0.1) is 0 Å². The largest absolute Gasteiger partial charge is 0.486 e. The Balaban J connectivity index is 1.23. The minimum absolute atomic E-state index is 0.442. The van der Waals surface area contributed by atoms with Crippen LogP contribution in [0.1, 0.15) is 63.9 Å². The monoisotopic (exact) mass is 485 g/mol. The Labute approximate surface area is 203 Å². The van der Waals surface area contributed by atoms with Crippen molar-refractivity contribution in [2.24, 2.45) is 5.92 Å². The van der Waals surface area contributed by atoms with Gasteiger partial charge in [-0.05, 0) is 62.1 Å². The molecule has 10 heteroatoms. The fourth-order valence-corrected chi connectivity index (χ4v) is 5.67. The molecule has 4 amide bonds. The van der Waals surface area contributed by atoms with Crippen LogP contribution in [0.25, 0.3) is 0 Å². The molecule has 2 aliphatic heterocycles. The highest BCUT2D eigenvalue weighted by molar-refractivity contribution is 6.08. The van der Waals surface area contributed by atoms with Gasteiger partial charge in [-0.25, -0.2) is 4.79 Å². The number of hydrogen-bond donors (Lipinski definition) is 2. The summed E-state index contributed by atoms with van der Waals surface area (Å²) < 4.78 is 16.7. The number of carbonyl (C=O) groups excluding carboxylic acids is 4. The fourth-order valence-electron chi connectivity index (χ4n) is 5.67. The van der Waals surface area contributed by atoms with Crippen LogP contribution in [0.3, 0.4) is 0 Å². The van der Waals surface area contributed by atoms with Crippen LogP contribution in [0.4, 0.5) is 4.79 Å². The zero-order valence-corrected chi connectivity index (χ0v) is 19.9. The van der Waals surface area contributed by atoms with Gasteiger partial charge in [0.05, 0.1) is 5.41 Å². The van der Waals surface area contributed by atoms with Crippen molar-refractivity contribution in [3.05, 3.63) is 23.8 Å². The Hall–Kier alpha value is -3.30. The van der Waals surface area contributed by atoms with Gasteiger partial charge in [0, 0.05) is 0 Å². The number of benzene rings is 1. The van der Waals surface area contributed by atoms with Crippen molar-refractivity contribution in [3.63, 3.8) is 0 Å². The molecule has 35 heavy (non-hydrogen) atoms. The van der Waals surface area contributed by atoms with Crippen LogP contribution in [0.2, 0.25) is 0 Å². The van der Waals surface area contributed by atoms with Crippen LogP contribution in [0.5, 0.6) is 11.5 Å². The zero-order valence-electron chi connectivity index (χ0n) is 19.9. The van der Waals surface area contributed by atoms with E-state index in [1.54, 1.807) is 6.07 Å². The van der Waals surface area contributed by atoms with Gasteiger partial charge >= 0.3 is 12.0 Å². The number of nitrogens with zero attached hydrogens (tertiary/aromatic N) is 1. The SMILES string of the molecule is CC1CCC2(CC1)NC(=O)N(NC(=O)COC(=O)C1(c3ccc4c(c3)OCCO4)CCCC1)C2=O. The molecule has 4 aliphatic rings. The van der Waals surface area contributed by atoms with E-state index in [9.17, 15) is 19.2 Å². The number of hydrazine groups is 1. The lowest BCUT2D eigenvalue weighted by atomic mass is 9.77. The number of amides is 4. The van der Waals surface area contributed by atoms with Crippen LogP contribution in [-0.2, 0) is 24.5 Å². The van der Waals surface area contributed by atoms with E-state index in [1.807, 2.05) is 12.1 Å². The van der Waals surface area contributed by atoms with Gasteiger partial charge in [-0.2, -0.15) is 5.01 Å². The van der Waals surface area contributed by atoms with Crippen LogP contribution < -0.4 is 20.2 Å². The number of fused-ring (bicyclic) bond motifs is 1. The van der Waals surface area contributed by atoms with E-state index in [2.05, 4.69) is 17.7 Å². The Bertz CT molecular complexity index is 1040. The summed E-state index contributed by atoms with van der Waals surface area (Å²) in [7, 11) is 0. The first kappa shape index (κ1) is 23.4. The smallest absolute Gasteiger partial charge is 0.344 e. The summed E-state index contributed by atoms with van der Waals surface area (Å²) in [6.45, 7) is 2.44. The molecule has 2 N–H and O–H groups in total. The summed E-state index contributed by atoms with van der Waals surface area (Å²) in [5.41, 5.74) is 1.26. The maximum absolute atomic E-state index is 13.2. The topological polar surface area (TPSA) is 123 Å². The highest BCUT2D eigenvalue weighted by Crippen LogP contribution is 2.45. The Kier molecular flexibility index (Phi) is 6.06. The van der Waals surface area contributed by atoms with E-state index in [-0.39, 0.29) is 0 Å². The molecule has 1 saturated heterocycles.